The molecule has 4 nitrogen and oxygen atoms in total. The number of nitrogens with zero attached hydrogens (tertiary/aromatic N) is 1. The van der Waals surface area contributed by atoms with Gasteiger partial charge in [-0.2, -0.15) is 4.73 Å². The summed E-state index contributed by atoms with van der Waals surface area (Å²) in [7, 11) is 0. The van der Waals surface area contributed by atoms with Gasteiger partial charge in [0.05, 0.1) is 6.20 Å². The van der Waals surface area contributed by atoms with Crippen LogP contribution in [0.1, 0.15) is 0 Å². The number of H-pyrrole nitrogens is 1. The molecule has 1 aromatic heterocycles. The maximum atomic E-state index is 10.2. The maximum absolute atomic E-state index is 10.2. The van der Waals surface area contributed by atoms with Crippen LogP contribution >= 0.6 is 0 Å². The highest BCUT2D eigenvalue weighted by Gasteiger charge is 1.84. The first kappa shape index (κ1) is 4.83. The SMILES string of the molecule is O=c1c[n+]([O-])cc[nH]1. The third kappa shape index (κ3) is 0.841. The van der Waals surface area contributed by atoms with Crippen molar-refractivity contribution in [3.05, 3.63) is 34.2 Å². The monoisotopic (exact) mass is 112 g/mol. The first-order valence-electron chi connectivity index (χ1n) is 2.06. The fourth-order valence-corrected chi connectivity index (χ4v) is 0.389. The molecular formula is C4H4N2O2. The second-order valence-corrected chi connectivity index (χ2v) is 1.31. The lowest BCUT2D eigenvalue weighted by molar-refractivity contribution is -0.606. The third-order valence-corrected chi connectivity index (χ3v) is 0.692. The summed E-state index contributed by atoms with van der Waals surface area (Å²) in [5.74, 6) is 0. The Balaban J connectivity index is 3.28. The zero-order chi connectivity index (χ0) is 5.98. The summed E-state index contributed by atoms with van der Waals surface area (Å²) in [6.07, 6.45) is 3.41. The zero-order valence-electron chi connectivity index (χ0n) is 4.00. The van der Waals surface area contributed by atoms with Crippen molar-refractivity contribution in [3.63, 3.8) is 0 Å². The molecule has 0 aliphatic carbocycles. The molecule has 0 fully saturated rings. The summed E-state index contributed by atoms with van der Waals surface area (Å²) in [5.41, 5.74) is -0.387. The van der Waals surface area contributed by atoms with Gasteiger partial charge in [-0.1, -0.05) is 0 Å². The van der Waals surface area contributed by atoms with E-state index in [0.717, 1.165) is 6.20 Å². The lowest BCUT2D eigenvalue weighted by Gasteiger charge is -1.88. The molecule has 0 saturated carbocycles. The quantitative estimate of drug-likeness (QED) is 0.346. The highest BCUT2D eigenvalue weighted by Crippen LogP contribution is 1.56. The van der Waals surface area contributed by atoms with E-state index >= 15 is 0 Å². The number of hydrogen-bond acceptors (Lipinski definition) is 2. The van der Waals surface area contributed by atoms with Crippen LogP contribution in [-0.2, 0) is 0 Å². The van der Waals surface area contributed by atoms with E-state index in [9.17, 15) is 10.0 Å². The highest BCUT2D eigenvalue weighted by molar-refractivity contribution is 4.66. The largest absolute Gasteiger partial charge is 0.619 e. The van der Waals surface area contributed by atoms with Crippen LogP contribution in [-0.4, -0.2) is 4.98 Å². The molecule has 0 aliphatic rings. The predicted molar refractivity (Wildman–Crippen MR) is 26.0 cm³/mol. The van der Waals surface area contributed by atoms with E-state index in [4.69, 9.17) is 0 Å². The number of nitrogens with one attached hydrogen (secondary N) is 1. The van der Waals surface area contributed by atoms with E-state index in [-0.39, 0.29) is 5.56 Å². The molecule has 4 heteroatoms. The van der Waals surface area contributed by atoms with Gasteiger partial charge in [-0.3, -0.25) is 4.79 Å². The topological polar surface area (TPSA) is 59.8 Å². The summed E-state index contributed by atoms with van der Waals surface area (Å²) in [4.78, 5) is 12.5. The molecule has 0 radical (unpaired) electrons. The lowest BCUT2D eigenvalue weighted by Crippen LogP contribution is -2.30. The van der Waals surface area contributed by atoms with Crippen molar-refractivity contribution in [1.29, 1.82) is 0 Å². The molecule has 1 N–H and O–H groups in total. The van der Waals surface area contributed by atoms with E-state index in [1.54, 1.807) is 0 Å². The van der Waals surface area contributed by atoms with Crippen LogP contribution in [0, 0.1) is 5.21 Å². The average Bonchev–Trinajstić information content (AvgIpc) is 1.64. The van der Waals surface area contributed by atoms with Crippen LogP contribution in [0.25, 0.3) is 0 Å². The lowest BCUT2D eigenvalue weighted by atomic mass is 10.7. The average molecular weight is 112 g/mol. The van der Waals surface area contributed by atoms with Gasteiger partial charge in [0.15, 0.2) is 6.20 Å². The van der Waals surface area contributed by atoms with Gasteiger partial charge in [-0.25, -0.2) is 0 Å². The molecule has 0 atom stereocenters. The number of rotatable bonds is 0. The van der Waals surface area contributed by atoms with Gasteiger partial charge in [0.1, 0.15) is 0 Å². The smallest absolute Gasteiger partial charge is 0.313 e. The summed E-state index contributed by atoms with van der Waals surface area (Å²) in [6.45, 7) is 0. The standard InChI is InChI=1S/C4H4N2O2/c7-4-3-6(8)2-1-5-4/h1-3H,(H,5,7). The van der Waals surface area contributed by atoms with Crippen LogP contribution in [0.2, 0.25) is 0 Å². The summed E-state index contributed by atoms with van der Waals surface area (Å²) in [6, 6.07) is 0. The number of hydrogen-bond donors (Lipinski definition) is 1. The molecule has 1 rings (SSSR count). The Morgan fingerprint density at radius 2 is 2.50 bits per heavy atom. The Morgan fingerprint density at radius 1 is 1.75 bits per heavy atom. The Bertz CT molecular complexity index is 229. The molecule has 42 valence electrons. The van der Waals surface area contributed by atoms with Crippen molar-refractivity contribution in [3.8, 4) is 0 Å². The first-order valence-corrected chi connectivity index (χ1v) is 2.06. The molecule has 0 bridgehead atoms. The Morgan fingerprint density at radius 3 is 2.88 bits per heavy atom. The molecule has 0 unspecified atom stereocenters. The first-order chi connectivity index (χ1) is 3.79. The molecule has 0 spiro atoms. The summed E-state index contributed by atoms with van der Waals surface area (Å²) in [5, 5.41) is 10.2. The molecule has 1 heterocycles. The molecule has 0 aliphatic heterocycles. The van der Waals surface area contributed by atoms with Gasteiger partial charge in [0.2, 0.25) is 6.20 Å². The summed E-state index contributed by atoms with van der Waals surface area (Å²) >= 11 is 0. The van der Waals surface area contributed by atoms with E-state index in [1.807, 2.05) is 0 Å². The molecule has 0 saturated heterocycles. The predicted octanol–water partition coefficient (Wildman–Crippen LogP) is -0.992. The van der Waals surface area contributed by atoms with Crippen LogP contribution in [0.4, 0.5) is 0 Å². The fourth-order valence-electron chi connectivity index (χ4n) is 0.389. The van der Waals surface area contributed by atoms with Gasteiger partial charge >= 0.3 is 5.56 Å². The molecular weight excluding hydrogens is 108 g/mol. The molecule has 1 aromatic rings. The van der Waals surface area contributed by atoms with E-state index in [0.29, 0.717) is 4.73 Å². The van der Waals surface area contributed by atoms with Crippen LogP contribution < -0.4 is 10.3 Å². The summed E-state index contributed by atoms with van der Waals surface area (Å²) < 4.78 is 0.443. The van der Waals surface area contributed by atoms with Gasteiger partial charge in [0.25, 0.3) is 0 Å². The fraction of sp³-hybridized carbons (Fsp3) is 0. The van der Waals surface area contributed by atoms with Crippen molar-refractivity contribution in [2.75, 3.05) is 0 Å². The van der Waals surface area contributed by atoms with Gasteiger partial charge < -0.3 is 10.2 Å². The van der Waals surface area contributed by atoms with E-state index in [2.05, 4.69) is 4.98 Å². The van der Waals surface area contributed by atoms with Gasteiger partial charge in [0, 0.05) is 0 Å². The second-order valence-electron chi connectivity index (χ2n) is 1.31. The molecule has 0 amide bonds. The number of aromatic amines is 1. The number of aromatic nitrogens is 2. The minimum Gasteiger partial charge on any atom is -0.619 e. The van der Waals surface area contributed by atoms with Crippen molar-refractivity contribution in [2.24, 2.45) is 0 Å². The minimum atomic E-state index is -0.387. The normalized spacial score (nSPS) is 9.00. The van der Waals surface area contributed by atoms with Crippen molar-refractivity contribution < 1.29 is 4.73 Å². The maximum Gasteiger partial charge on any atom is 0.313 e. The van der Waals surface area contributed by atoms with Crippen LogP contribution in [0.5, 0.6) is 0 Å². The van der Waals surface area contributed by atoms with Gasteiger partial charge in [-0.05, 0) is 0 Å². The van der Waals surface area contributed by atoms with Crippen LogP contribution in [0.3, 0.4) is 0 Å². The molecule has 0 aromatic carbocycles. The van der Waals surface area contributed by atoms with E-state index < -0.39 is 0 Å². The van der Waals surface area contributed by atoms with Crippen molar-refractivity contribution >= 4 is 0 Å². The Hall–Kier alpha value is -1.32. The Kier molecular flexibility index (Phi) is 0.997. The minimum absolute atomic E-state index is 0.387. The Labute approximate surface area is 45.0 Å². The third-order valence-electron chi connectivity index (χ3n) is 0.692. The van der Waals surface area contributed by atoms with Crippen molar-refractivity contribution in [2.45, 2.75) is 0 Å². The van der Waals surface area contributed by atoms with Crippen LogP contribution in [0.15, 0.2) is 23.4 Å². The van der Waals surface area contributed by atoms with Crippen molar-refractivity contribution in [1.82, 2.24) is 4.98 Å². The highest BCUT2D eigenvalue weighted by atomic mass is 16.5. The molecule has 8 heavy (non-hydrogen) atoms. The second kappa shape index (κ2) is 1.65. The van der Waals surface area contributed by atoms with Gasteiger partial charge in [-0.15, -0.1) is 0 Å². The zero-order valence-corrected chi connectivity index (χ0v) is 4.00. The van der Waals surface area contributed by atoms with E-state index in [1.165, 1.54) is 12.4 Å².